The smallest absolute Gasteiger partial charge is 0.240 e. The molecular formula is C14H26N2O2. The zero-order valence-corrected chi connectivity index (χ0v) is 11.7. The number of carbonyl (C=O) groups is 1. The summed E-state index contributed by atoms with van der Waals surface area (Å²) >= 11 is 0. The van der Waals surface area contributed by atoms with Crippen LogP contribution in [0, 0.1) is 5.92 Å². The molecule has 0 radical (unpaired) electrons. The molecule has 3 unspecified atom stereocenters. The summed E-state index contributed by atoms with van der Waals surface area (Å²) in [5, 5.41) is 3.18. The minimum atomic E-state index is -0.0175. The second kappa shape index (κ2) is 6.53. The van der Waals surface area contributed by atoms with Crippen molar-refractivity contribution in [1.82, 2.24) is 10.2 Å². The van der Waals surface area contributed by atoms with Crippen LogP contribution in [0.5, 0.6) is 0 Å². The van der Waals surface area contributed by atoms with E-state index in [1.165, 1.54) is 12.8 Å². The van der Waals surface area contributed by atoms with Crippen LogP contribution >= 0.6 is 0 Å². The average molecular weight is 254 g/mol. The van der Waals surface area contributed by atoms with E-state index in [4.69, 9.17) is 4.74 Å². The molecule has 104 valence electrons. The lowest BCUT2D eigenvalue weighted by Crippen LogP contribution is -2.49. The topological polar surface area (TPSA) is 41.6 Å². The van der Waals surface area contributed by atoms with Crippen molar-refractivity contribution in [2.24, 2.45) is 5.92 Å². The highest BCUT2D eigenvalue weighted by Gasteiger charge is 2.32. The minimum Gasteiger partial charge on any atom is -0.376 e. The number of nitrogens with zero attached hydrogens (tertiary/aromatic N) is 1. The van der Waals surface area contributed by atoms with E-state index >= 15 is 0 Å². The molecule has 4 heteroatoms. The maximum Gasteiger partial charge on any atom is 0.240 e. The third-order valence-corrected chi connectivity index (χ3v) is 4.24. The second-order valence-corrected chi connectivity index (χ2v) is 5.66. The summed E-state index contributed by atoms with van der Waals surface area (Å²) in [7, 11) is 1.89. The van der Waals surface area contributed by atoms with Crippen LogP contribution in [0.25, 0.3) is 0 Å². The van der Waals surface area contributed by atoms with Gasteiger partial charge >= 0.3 is 0 Å². The van der Waals surface area contributed by atoms with Gasteiger partial charge in [-0.1, -0.05) is 6.92 Å². The first-order valence-electron chi connectivity index (χ1n) is 7.30. The van der Waals surface area contributed by atoms with Crippen LogP contribution in [0.2, 0.25) is 0 Å². The van der Waals surface area contributed by atoms with E-state index in [0.29, 0.717) is 5.92 Å². The predicted octanol–water partition coefficient (Wildman–Crippen LogP) is 1.40. The number of ether oxygens (including phenoxy) is 1. The van der Waals surface area contributed by atoms with Gasteiger partial charge in [-0.15, -0.1) is 0 Å². The molecule has 1 N–H and O–H groups in total. The van der Waals surface area contributed by atoms with Crippen LogP contribution in [0.1, 0.15) is 39.0 Å². The molecule has 2 saturated heterocycles. The normalized spacial score (nSPS) is 34.4. The standard InChI is InChI=1S/C14H26N2O2/c1-11-6-5-8-16(14(17)13(11)15-2)10-12-7-3-4-9-18-12/h11-13,15H,3-10H2,1-2H3. The van der Waals surface area contributed by atoms with E-state index in [9.17, 15) is 4.79 Å². The highest BCUT2D eigenvalue weighted by Crippen LogP contribution is 2.21. The number of nitrogens with one attached hydrogen (secondary N) is 1. The van der Waals surface area contributed by atoms with Crippen molar-refractivity contribution in [3.05, 3.63) is 0 Å². The van der Waals surface area contributed by atoms with Crippen LogP contribution < -0.4 is 5.32 Å². The zero-order chi connectivity index (χ0) is 13.0. The number of hydrogen-bond acceptors (Lipinski definition) is 3. The number of likely N-dealkylation sites (tertiary alicyclic amines) is 1. The van der Waals surface area contributed by atoms with Crippen molar-refractivity contribution in [3.8, 4) is 0 Å². The van der Waals surface area contributed by atoms with Gasteiger partial charge in [0, 0.05) is 19.7 Å². The van der Waals surface area contributed by atoms with Crippen LogP contribution in [0.4, 0.5) is 0 Å². The first kappa shape index (κ1) is 13.8. The van der Waals surface area contributed by atoms with E-state index in [0.717, 1.165) is 39.0 Å². The summed E-state index contributed by atoms with van der Waals surface area (Å²) in [6.07, 6.45) is 5.99. The number of hydrogen-bond donors (Lipinski definition) is 1. The molecule has 2 aliphatic heterocycles. The molecule has 0 aromatic carbocycles. The van der Waals surface area contributed by atoms with Crippen LogP contribution in [0.15, 0.2) is 0 Å². The van der Waals surface area contributed by atoms with E-state index in [1.54, 1.807) is 0 Å². The lowest BCUT2D eigenvalue weighted by Gasteiger charge is -2.31. The van der Waals surface area contributed by atoms with E-state index < -0.39 is 0 Å². The van der Waals surface area contributed by atoms with Gasteiger partial charge in [0.2, 0.25) is 5.91 Å². The quantitative estimate of drug-likeness (QED) is 0.828. The van der Waals surface area contributed by atoms with E-state index in [-0.39, 0.29) is 18.1 Å². The molecule has 2 heterocycles. The number of likely N-dealkylation sites (N-methyl/N-ethyl adjacent to an activating group) is 1. The largest absolute Gasteiger partial charge is 0.376 e. The summed E-state index contributed by atoms with van der Waals surface area (Å²) in [5.41, 5.74) is 0. The van der Waals surface area contributed by atoms with Gasteiger partial charge in [0.15, 0.2) is 0 Å². The first-order valence-corrected chi connectivity index (χ1v) is 7.30. The Balaban J connectivity index is 1.95. The minimum absolute atomic E-state index is 0.0175. The lowest BCUT2D eigenvalue weighted by molar-refractivity contribution is -0.136. The Kier molecular flexibility index (Phi) is 5.01. The Bertz CT molecular complexity index is 277. The van der Waals surface area contributed by atoms with Crippen molar-refractivity contribution in [2.75, 3.05) is 26.7 Å². The molecule has 2 aliphatic rings. The van der Waals surface area contributed by atoms with Gasteiger partial charge in [-0.05, 0) is 45.1 Å². The molecule has 2 rings (SSSR count). The van der Waals surface area contributed by atoms with Crippen LogP contribution in [-0.2, 0) is 9.53 Å². The summed E-state index contributed by atoms with van der Waals surface area (Å²) in [6, 6.07) is -0.0175. The highest BCUT2D eigenvalue weighted by molar-refractivity contribution is 5.82. The number of rotatable bonds is 3. The van der Waals surface area contributed by atoms with Gasteiger partial charge in [0.1, 0.15) is 0 Å². The van der Waals surface area contributed by atoms with E-state index in [1.807, 2.05) is 11.9 Å². The van der Waals surface area contributed by atoms with Gasteiger partial charge in [-0.25, -0.2) is 0 Å². The fraction of sp³-hybridized carbons (Fsp3) is 0.929. The molecule has 0 bridgehead atoms. The van der Waals surface area contributed by atoms with Crippen molar-refractivity contribution in [1.29, 1.82) is 0 Å². The molecule has 4 nitrogen and oxygen atoms in total. The fourth-order valence-corrected chi connectivity index (χ4v) is 3.11. The molecule has 1 amide bonds. The van der Waals surface area contributed by atoms with Crippen LogP contribution in [-0.4, -0.2) is 49.7 Å². The summed E-state index contributed by atoms with van der Waals surface area (Å²) in [6.45, 7) is 4.70. The molecule has 0 saturated carbocycles. The summed E-state index contributed by atoms with van der Waals surface area (Å²) < 4.78 is 5.75. The van der Waals surface area contributed by atoms with Gasteiger partial charge < -0.3 is 15.0 Å². The maximum absolute atomic E-state index is 12.5. The maximum atomic E-state index is 12.5. The van der Waals surface area contributed by atoms with Crippen LogP contribution in [0.3, 0.4) is 0 Å². The Morgan fingerprint density at radius 1 is 1.33 bits per heavy atom. The number of carbonyl (C=O) groups excluding carboxylic acids is 1. The average Bonchev–Trinajstić information content (AvgIpc) is 2.51. The van der Waals surface area contributed by atoms with Crippen molar-refractivity contribution in [3.63, 3.8) is 0 Å². The van der Waals surface area contributed by atoms with E-state index in [2.05, 4.69) is 12.2 Å². The third kappa shape index (κ3) is 3.23. The Morgan fingerprint density at radius 2 is 2.17 bits per heavy atom. The molecule has 2 fully saturated rings. The summed E-state index contributed by atoms with van der Waals surface area (Å²) in [5.74, 6) is 0.691. The highest BCUT2D eigenvalue weighted by atomic mass is 16.5. The molecule has 0 spiro atoms. The van der Waals surface area contributed by atoms with Crippen molar-refractivity contribution < 1.29 is 9.53 Å². The molecular weight excluding hydrogens is 228 g/mol. The van der Waals surface area contributed by atoms with Gasteiger partial charge in [0.05, 0.1) is 12.1 Å². The van der Waals surface area contributed by atoms with Gasteiger partial charge in [-0.3, -0.25) is 4.79 Å². The Labute approximate surface area is 110 Å². The summed E-state index contributed by atoms with van der Waals surface area (Å²) in [4.78, 5) is 14.5. The first-order chi connectivity index (χ1) is 8.72. The molecule has 3 atom stereocenters. The van der Waals surface area contributed by atoms with Gasteiger partial charge in [-0.2, -0.15) is 0 Å². The van der Waals surface area contributed by atoms with Gasteiger partial charge in [0.25, 0.3) is 0 Å². The molecule has 0 aromatic rings. The lowest BCUT2D eigenvalue weighted by atomic mass is 9.98. The molecule has 0 aliphatic carbocycles. The monoisotopic (exact) mass is 254 g/mol. The zero-order valence-electron chi connectivity index (χ0n) is 11.7. The second-order valence-electron chi connectivity index (χ2n) is 5.66. The third-order valence-electron chi connectivity index (χ3n) is 4.24. The number of amides is 1. The molecule has 0 aromatic heterocycles. The predicted molar refractivity (Wildman–Crippen MR) is 71.4 cm³/mol. The Morgan fingerprint density at radius 3 is 2.83 bits per heavy atom. The van der Waals surface area contributed by atoms with Crippen molar-refractivity contribution >= 4 is 5.91 Å². The SMILES string of the molecule is CNC1C(=O)N(CC2CCCCO2)CCCC1C. The fourth-order valence-electron chi connectivity index (χ4n) is 3.11. The van der Waals surface area contributed by atoms with Crippen molar-refractivity contribution in [2.45, 2.75) is 51.2 Å². The Hall–Kier alpha value is -0.610. The molecule has 18 heavy (non-hydrogen) atoms.